The summed E-state index contributed by atoms with van der Waals surface area (Å²) < 4.78 is 16.1. The fourth-order valence-corrected chi connectivity index (χ4v) is 2.47. The van der Waals surface area contributed by atoms with Crippen molar-refractivity contribution in [3.8, 4) is 40.1 Å². The molecule has 0 saturated heterocycles. The monoisotopic (exact) mass is 330 g/mol. The molecule has 124 valence electrons. The Morgan fingerprint density at radius 3 is 2.33 bits per heavy atom. The first-order valence-electron chi connectivity index (χ1n) is 6.91. The highest BCUT2D eigenvalue weighted by Gasteiger charge is 2.20. The molecule has 0 atom stereocenters. The number of rotatable bonds is 3. The first-order valence-corrected chi connectivity index (χ1v) is 6.91. The number of phenolic OH excluding ortho intramolecular Hbond substituents is 3. The second-order valence-electron chi connectivity index (χ2n) is 4.98. The van der Waals surface area contributed by atoms with Gasteiger partial charge in [-0.2, -0.15) is 0 Å². The number of aromatic hydroxyl groups is 3. The van der Waals surface area contributed by atoms with Gasteiger partial charge < -0.3 is 29.2 Å². The lowest BCUT2D eigenvalue weighted by atomic mass is 10.1. The molecule has 1 heterocycles. The van der Waals surface area contributed by atoms with Gasteiger partial charge in [-0.1, -0.05) is 0 Å². The number of ether oxygens (including phenoxy) is 2. The minimum absolute atomic E-state index is 0.0986. The quantitative estimate of drug-likeness (QED) is 0.500. The van der Waals surface area contributed by atoms with Crippen LogP contribution in [-0.2, 0) is 0 Å². The lowest BCUT2D eigenvalue weighted by Crippen LogP contribution is -2.02. The standard InChI is InChI=1S/C17H14O7/c1-22-12-6-3-8-11(20)7-13(24-16(8)17(12)23-2)14-9(18)4-5-10(19)15(14)21/h3-7,18-19,21H,1-2H3. The molecule has 0 bridgehead atoms. The van der Waals surface area contributed by atoms with Crippen molar-refractivity contribution in [2.24, 2.45) is 0 Å². The molecule has 0 unspecified atom stereocenters. The van der Waals surface area contributed by atoms with Gasteiger partial charge in [-0.15, -0.1) is 0 Å². The summed E-state index contributed by atoms with van der Waals surface area (Å²) in [5.74, 6) is -0.968. The van der Waals surface area contributed by atoms with Crippen molar-refractivity contribution in [2.45, 2.75) is 0 Å². The van der Waals surface area contributed by atoms with Gasteiger partial charge in [-0.3, -0.25) is 4.79 Å². The number of benzene rings is 2. The number of methoxy groups -OCH3 is 2. The Hall–Kier alpha value is -3.35. The molecule has 3 N–H and O–H groups in total. The molecule has 2 aromatic carbocycles. The molecule has 3 rings (SSSR count). The fourth-order valence-electron chi connectivity index (χ4n) is 2.47. The maximum Gasteiger partial charge on any atom is 0.204 e. The van der Waals surface area contributed by atoms with Crippen LogP contribution >= 0.6 is 0 Å². The molecular formula is C17H14O7. The van der Waals surface area contributed by atoms with Crippen LogP contribution in [0.15, 0.2) is 39.5 Å². The highest BCUT2D eigenvalue weighted by atomic mass is 16.5. The Morgan fingerprint density at radius 1 is 0.958 bits per heavy atom. The van der Waals surface area contributed by atoms with Gasteiger partial charge in [0.25, 0.3) is 0 Å². The van der Waals surface area contributed by atoms with E-state index in [4.69, 9.17) is 13.9 Å². The number of fused-ring (bicyclic) bond motifs is 1. The van der Waals surface area contributed by atoms with Crippen LogP contribution in [0.3, 0.4) is 0 Å². The van der Waals surface area contributed by atoms with Crippen molar-refractivity contribution in [3.05, 3.63) is 40.6 Å². The van der Waals surface area contributed by atoms with E-state index in [0.717, 1.165) is 12.1 Å². The fraction of sp³-hybridized carbons (Fsp3) is 0.118. The maximum absolute atomic E-state index is 12.4. The lowest BCUT2D eigenvalue weighted by molar-refractivity contribution is 0.353. The van der Waals surface area contributed by atoms with Crippen molar-refractivity contribution in [1.82, 2.24) is 0 Å². The Morgan fingerprint density at radius 2 is 1.67 bits per heavy atom. The van der Waals surface area contributed by atoms with E-state index < -0.39 is 16.9 Å². The SMILES string of the molecule is COc1ccc2c(=O)cc(-c3c(O)ccc(O)c3O)oc2c1OC. The van der Waals surface area contributed by atoms with Crippen LogP contribution in [0.1, 0.15) is 0 Å². The van der Waals surface area contributed by atoms with Gasteiger partial charge in [0.15, 0.2) is 28.3 Å². The van der Waals surface area contributed by atoms with Gasteiger partial charge >= 0.3 is 0 Å². The second kappa shape index (κ2) is 5.69. The summed E-state index contributed by atoms with van der Waals surface area (Å²) in [6.45, 7) is 0. The second-order valence-corrected chi connectivity index (χ2v) is 4.98. The van der Waals surface area contributed by atoms with E-state index in [1.54, 1.807) is 6.07 Å². The summed E-state index contributed by atoms with van der Waals surface area (Å²) in [6, 6.07) is 6.51. The molecule has 0 saturated carbocycles. The van der Waals surface area contributed by atoms with Gasteiger partial charge in [-0.05, 0) is 24.3 Å². The Kier molecular flexibility index (Phi) is 3.69. The van der Waals surface area contributed by atoms with Gasteiger partial charge in [0, 0.05) is 6.07 Å². The first-order chi connectivity index (χ1) is 11.5. The topological polar surface area (TPSA) is 109 Å². The number of phenols is 3. The molecule has 1 aromatic heterocycles. The lowest BCUT2D eigenvalue weighted by Gasteiger charge is -2.12. The zero-order chi connectivity index (χ0) is 17.4. The van der Waals surface area contributed by atoms with E-state index >= 15 is 0 Å². The summed E-state index contributed by atoms with van der Waals surface area (Å²) in [7, 11) is 2.84. The molecular weight excluding hydrogens is 316 g/mol. The van der Waals surface area contributed by atoms with Crippen LogP contribution < -0.4 is 14.9 Å². The largest absolute Gasteiger partial charge is 0.507 e. The normalized spacial score (nSPS) is 10.8. The van der Waals surface area contributed by atoms with E-state index in [-0.39, 0.29) is 33.8 Å². The van der Waals surface area contributed by atoms with Crippen molar-refractivity contribution < 1.29 is 29.2 Å². The maximum atomic E-state index is 12.4. The third-order valence-electron chi connectivity index (χ3n) is 3.62. The van der Waals surface area contributed by atoms with Gasteiger partial charge in [0.05, 0.1) is 19.6 Å². The van der Waals surface area contributed by atoms with Crippen LogP contribution in [0.4, 0.5) is 0 Å². The Labute approximate surface area is 135 Å². The van der Waals surface area contributed by atoms with Crippen LogP contribution in [0.5, 0.6) is 28.7 Å². The number of hydrogen-bond donors (Lipinski definition) is 3. The van der Waals surface area contributed by atoms with Gasteiger partial charge in [-0.25, -0.2) is 0 Å². The van der Waals surface area contributed by atoms with Crippen molar-refractivity contribution in [2.75, 3.05) is 14.2 Å². The Bertz CT molecular complexity index is 988. The Balaban J connectivity index is 2.40. The van der Waals surface area contributed by atoms with Gasteiger partial charge in [0.1, 0.15) is 17.1 Å². The van der Waals surface area contributed by atoms with Crippen LogP contribution in [-0.4, -0.2) is 29.5 Å². The summed E-state index contributed by atoms with van der Waals surface area (Å²) >= 11 is 0. The van der Waals surface area contributed by atoms with Crippen LogP contribution in [0.25, 0.3) is 22.3 Å². The van der Waals surface area contributed by atoms with E-state index in [2.05, 4.69) is 0 Å². The van der Waals surface area contributed by atoms with Crippen molar-refractivity contribution in [1.29, 1.82) is 0 Å². The third kappa shape index (κ3) is 2.26. The van der Waals surface area contributed by atoms with E-state index in [1.807, 2.05) is 0 Å². The van der Waals surface area contributed by atoms with E-state index in [1.165, 1.54) is 26.4 Å². The molecule has 3 aromatic rings. The molecule has 0 aliphatic rings. The predicted molar refractivity (Wildman–Crippen MR) is 86.0 cm³/mol. The van der Waals surface area contributed by atoms with Gasteiger partial charge in [0.2, 0.25) is 5.75 Å². The average Bonchev–Trinajstić information content (AvgIpc) is 2.57. The van der Waals surface area contributed by atoms with E-state index in [0.29, 0.717) is 5.75 Å². The molecule has 0 spiro atoms. The molecule has 7 heteroatoms. The molecule has 7 nitrogen and oxygen atoms in total. The van der Waals surface area contributed by atoms with Crippen molar-refractivity contribution >= 4 is 11.0 Å². The summed E-state index contributed by atoms with van der Waals surface area (Å²) in [5, 5.41) is 29.8. The summed E-state index contributed by atoms with van der Waals surface area (Å²) in [5.41, 5.74) is -0.505. The molecule has 0 radical (unpaired) electrons. The summed E-state index contributed by atoms with van der Waals surface area (Å²) in [4.78, 5) is 12.4. The minimum atomic E-state index is -0.598. The molecule has 24 heavy (non-hydrogen) atoms. The molecule has 0 aliphatic carbocycles. The number of hydrogen-bond acceptors (Lipinski definition) is 7. The molecule has 0 amide bonds. The zero-order valence-corrected chi connectivity index (χ0v) is 12.9. The highest BCUT2D eigenvalue weighted by Crippen LogP contribution is 2.44. The van der Waals surface area contributed by atoms with Crippen LogP contribution in [0, 0.1) is 0 Å². The molecule has 0 aliphatic heterocycles. The average molecular weight is 330 g/mol. The third-order valence-corrected chi connectivity index (χ3v) is 3.62. The first kappa shape index (κ1) is 15.5. The molecule has 0 fully saturated rings. The zero-order valence-electron chi connectivity index (χ0n) is 12.9. The minimum Gasteiger partial charge on any atom is -0.507 e. The van der Waals surface area contributed by atoms with Crippen LogP contribution in [0.2, 0.25) is 0 Å². The van der Waals surface area contributed by atoms with E-state index in [9.17, 15) is 20.1 Å². The summed E-state index contributed by atoms with van der Waals surface area (Å²) in [6.07, 6.45) is 0. The predicted octanol–water partition coefficient (Wildman–Crippen LogP) is 2.59. The van der Waals surface area contributed by atoms with Crippen molar-refractivity contribution in [3.63, 3.8) is 0 Å². The smallest absolute Gasteiger partial charge is 0.204 e. The highest BCUT2D eigenvalue weighted by molar-refractivity contribution is 5.88.